The van der Waals surface area contributed by atoms with Crippen LogP contribution in [0.1, 0.15) is 30.4 Å². The first kappa shape index (κ1) is 19.5. The molecule has 2 rings (SSSR count). The molecule has 0 saturated heterocycles. The minimum atomic E-state index is 0.0363. The molecule has 0 saturated carbocycles. The zero-order valence-corrected chi connectivity index (χ0v) is 15.2. The largest absolute Gasteiger partial charge is 0.494 e. The molecule has 0 amide bonds. The van der Waals surface area contributed by atoms with Gasteiger partial charge in [-0.3, -0.25) is 0 Å². The Balaban J connectivity index is 1.74. The number of unbranched alkanes of at least 4 members (excludes halogenated alkanes) is 2. The Bertz CT molecular complexity index is 714. The summed E-state index contributed by atoms with van der Waals surface area (Å²) in [6.45, 7) is 3.80. The molecule has 2 aromatic rings. The number of aliphatic hydroxyl groups excluding tert-OH is 1. The van der Waals surface area contributed by atoms with Crippen molar-refractivity contribution < 1.29 is 9.84 Å². The quantitative estimate of drug-likeness (QED) is 0.536. The van der Waals surface area contributed by atoms with Gasteiger partial charge in [0.05, 0.1) is 18.8 Å². The number of rotatable bonds is 11. The lowest BCUT2D eigenvalue weighted by atomic mass is 10.1. The summed E-state index contributed by atoms with van der Waals surface area (Å²) in [6.07, 6.45) is 2.98. The first-order valence-electron chi connectivity index (χ1n) is 8.92. The van der Waals surface area contributed by atoms with Crippen LogP contribution in [0.5, 0.6) is 5.75 Å². The standard InChI is InChI=1S/C20H26N4O2/c1-16-14-19(22-11-12-25)24-20(18(16)15-21)23-10-6-3-7-13-26-17-8-4-2-5-9-17/h2,4-5,8-9,14,25H,3,6-7,10-13H2,1H3,(H2,22,23,24). The summed E-state index contributed by atoms with van der Waals surface area (Å²) >= 11 is 0. The van der Waals surface area contributed by atoms with Crippen molar-refractivity contribution in [3.63, 3.8) is 0 Å². The average Bonchev–Trinajstić information content (AvgIpc) is 2.66. The summed E-state index contributed by atoms with van der Waals surface area (Å²) in [5.74, 6) is 2.15. The molecule has 138 valence electrons. The van der Waals surface area contributed by atoms with Crippen molar-refractivity contribution in [2.24, 2.45) is 0 Å². The predicted octanol–water partition coefficient (Wildman–Crippen LogP) is 3.33. The number of hydrogen-bond acceptors (Lipinski definition) is 6. The molecule has 0 unspecified atom stereocenters. The van der Waals surface area contributed by atoms with E-state index in [1.54, 1.807) is 0 Å². The van der Waals surface area contributed by atoms with Gasteiger partial charge >= 0.3 is 0 Å². The van der Waals surface area contributed by atoms with Crippen molar-refractivity contribution in [3.05, 3.63) is 47.5 Å². The number of nitriles is 1. The number of hydrogen-bond donors (Lipinski definition) is 3. The highest BCUT2D eigenvalue weighted by molar-refractivity contribution is 5.60. The second kappa shape index (κ2) is 11.0. The number of aromatic nitrogens is 1. The Hall–Kier alpha value is -2.78. The number of pyridine rings is 1. The lowest BCUT2D eigenvalue weighted by molar-refractivity contribution is 0.306. The minimum Gasteiger partial charge on any atom is -0.494 e. The van der Waals surface area contributed by atoms with E-state index in [9.17, 15) is 5.26 Å². The molecule has 0 bridgehead atoms. The van der Waals surface area contributed by atoms with Crippen molar-refractivity contribution >= 4 is 11.6 Å². The molecule has 0 aliphatic heterocycles. The summed E-state index contributed by atoms with van der Waals surface area (Å²) < 4.78 is 5.67. The van der Waals surface area contributed by atoms with E-state index in [1.807, 2.05) is 43.3 Å². The van der Waals surface area contributed by atoms with Gasteiger partial charge in [-0.15, -0.1) is 0 Å². The Morgan fingerprint density at radius 1 is 1.12 bits per heavy atom. The maximum Gasteiger partial charge on any atom is 0.146 e. The monoisotopic (exact) mass is 354 g/mol. The van der Waals surface area contributed by atoms with Crippen molar-refractivity contribution in [1.82, 2.24) is 4.98 Å². The Morgan fingerprint density at radius 3 is 2.65 bits per heavy atom. The maximum atomic E-state index is 9.34. The van der Waals surface area contributed by atoms with Crippen molar-refractivity contribution in [2.75, 3.05) is 36.9 Å². The fraction of sp³-hybridized carbons (Fsp3) is 0.400. The predicted molar refractivity (Wildman–Crippen MR) is 104 cm³/mol. The lowest BCUT2D eigenvalue weighted by Gasteiger charge is -2.12. The van der Waals surface area contributed by atoms with Gasteiger partial charge in [0.1, 0.15) is 23.5 Å². The third kappa shape index (κ3) is 6.26. The van der Waals surface area contributed by atoms with Crippen molar-refractivity contribution in [2.45, 2.75) is 26.2 Å². The molecule has 26 heavy (non-hydrogen) atoms. The number of nitrogens with one attached hydrogen (secondary N) is 2. The van der Waals surface area contributed by atoms with Crippen LogP contribution in [-0.4, -0.2) is 36.4 Å². The molecule has 0 aliphatic carbocycles. The van der Waals surface area contributed by atoms with E-state index in [2.05, 4.69) is 21.7 Å². The summed E-state index contributed by atoms with van der Waals surface area (Å²) in [7, 11) is 0. The van der Waals surface area contributed by atoms with E-state index in [0.29, 0.717) is 30.4 Å². The third-order valence-corrected chi connectivity index (χ3v) is 3.87. The molecule has 0 spiro atoms. The van der Waals surface area contributed by atoms with Gasteiger partial charge in [-0.2, -0.15) is 5.26 Å². The smallest absolute Gasteiger partial charge is 0.146 e. The molecule has 6 nitrogen and oxygen atoms in total. The molecule has 3 N–H and O–H groups in total. The van der Waals surface area contributed by atoms with Crippen molar-refractivity contribution in [1.29, 1.82) is 5.26 Å². The van der Waals surface area contributed by atoms with Crippen LogP contribution in [0.4, 0.5) is 11.6 Å². The summed E-state index contributed by atoms with van der Waals surface area (Å²) in [6, 6.07) is 13.8. The van der Waals surface area contributed by atoms with E-state index >= 15 is 0 Å². The lowest BCUT2D eigenvalue weighted by Crippen LogP contribution is -2.11. The third-order valence-electron chi connectivity index (χ3n) is 3.87. The van der Waals surface area contributed by atoms with Gasteiger partial charge in [-0.25, -0.2) is 4.98 Å². The molecule has 0 fully saturated rings. The summed E-state index contributed by atoms with van der Waals surface area (Å²) in [5, 5.41) is 24.5. The van der Waals surface area contributed by atoms with Crippen LogP contribution in [-0.2, 0) is 0 Å². The SMILES string of the molecule is Cc1cc(NCCO)nc(NCCCCCOc2ccccc2)c1C#N. The number of nitrogens with zero attached hydrogens (tertiary/aromatic N) is 2. The molecular formula is C20H26N4O2. The first-order chi connectivity index (χ1) is 12.7. The number of aliphatic hydroxyl groups is 1. The van der Waals surface area contributed by atoms with Crippen LogP contribution in [0.25, 0.3) is 0 Å². The molecule has 0 aliphatic rings. The first-order valence-corrected chi connectivity index (χ1v) is 8.92. The van der Waals surface area contributed by atoms with E-state index in [1.165, 1.54) is 0 Å². The van der Waals surface area contributed by atoms with Gasteiger partial charge in [0, 0.05) is 13.1 Å². The van der Waals surface area contributed by atoms with Gasteiger partial charge < -0.3 is 20.5 Å². The van der Waals surface area contributed by atoms with Crippen LogP contribution in [0.2, 0.25) is 0 Å². The molecule has 1 aromatic heterocycles. The van der Waals surface area contributed by atoms with Crippen molar-refractivity contribution in [3.8, 4) is 11.8 Å². The maximum absolute atomic E-state index is 9.34. The second-order valence-corrected chi connectivity index (χ2v) is 5.96. The summed E-state index contributed by atoms with van der Waals surface area (Å²) in [5.41, 5.74) is 1.42. The highest BCUT2D eigenvalue weighted by atomic mass is 16.5. The normalized spacial score (nSPS) is 10.2. The van der Waals surface area contributed by atoms with Crippen LogP contribution in [0.15, 0.2) is 36.4 Å². The van der Waals surface area contributed by atoms with Crippen LogP contribution in [0, 0.1) is 18.3 Å². The van der Waals surface area contributed by atoms with E-state index in [0.717, 1.165) is 37.1 Å². The number of aryl methyl sites for hydroxylation is 1. The molecule has 6 heteroatoms. The van der Waals surface area contributed by atoms with E-state index in [-0.39, 0.29) is 6.61 Å². The van der Waals surface area contributed by atoms with Gasteiger partial charge in [-0.1, -0.05) is 18.2 Å². The summed E-state index contributed by atoms with van der Waals surface area (Å²) in [4.78, 5) is 4.43. The molecule has 0 atom stereocenters. The van der Waals surface area contributed by atoms with Gasteiger partial charge in [-0.05, 0) is 49.9 Å². The molecule has 0 radical (unpaired) electrons. The molecule has 1 heterocycles. The zero-order chi connectivity index (χ0) is 18.6. The van der Waals surface area contributed by atoms with Crippen LogP contribution >= 0.6 is 0 Å². The Kier molecular flexibility index (Phi) is 8.24. The fourth-order valence-corrected chi connectivity index (χ4v) is 2.53. The van der Waals surface area contributed by atoms with Crippen LogP contribution < -0.4 is 15.4 Å². The van der Waals surface area contributed by atoms with Crippen LogP contribution in [0.3, 0.4) is 0 Å². The molecular weight excluding hydrogens is 328 g/mol. The van der Waals surface area contributed by atoms with Gasteiger partial charge in [0.2, 0.25) is 0 Å². The highest BCUT2D eigenvalue weighted by Crippen LogP contribution is 2.20. The Labute approximate surface area is 154 Å². The number of para-hydroxylation sites is 1. The minimum absolute atomic E-state index is 0.0363. The fourth-order valence-electron chi connectivity index (χ4n) is 2.53. The van der Waals surface area contributed by atoms with E-state index < -0.39 is 0 Å². The highest BCUT2D eigenvalue weighted by Gasteiger charge is 2.09. The number of benzene rings is 1. The average molecular weight is 354 g/mol. The molecule has 1 aromatic carbocycles. The Morgan fingerprint density at radius 2 is 1.92 bits per heavy atom. The number of ether oxygens (including phenoxy) is 1. The number of anilines is 2. The van der Waals surface area contributed by atoms with E-state index in [4.69, 9.17) is 9.84 Å². The zero-order valence-electron chi connectivity index (χ0n) is 15.2. The second-order valence-electron chi connectivity index (χ2n) is 5.96. The van der Waals surface area contributed by atoms with Gasteiger partial charge in [0.25, 0.3) is 0 Å². The van der Waals surface area contributed by atoms with Gasteiger partial charge in [0.15, 0.2) is 0 Å². The topological polar surface area (TPSA) is 90.2 Å².